The van der Waals surface area contributed by atoms with Crippen molar-refractivity contribution in [3.05, 3.63) is 78.0 Å². The van der Waals surface area contributed by atoms with Gasteiger partial charge in [-0.2, -0.15) is 5.10 Å². The molecule has 184 valence electrons. The van der Waals surface area contributed by atoms with Gasteiger partial charge in [0, 0.05) is 23.8 Å². The minimum atomic E-state index is -0.302. The Morgan fingerprint density at radius 2 is 1.86 bits per heavy atom. The second-order valence-corrected chi connectivity index (χ2v) is 9.48. The quantitative estimate of drug-likeness (QED) is 0.407. The maximum Gasteiger partial charge on any atom is 0.256 e. The smallest absolute Gasteiger partial charge is 0.256 e. The molecule has 1 atom stereocenters. The van der Waals surface area contributed by atoms with Gasteiger partial charge in [-0.25, -0.2) is 9.67 Å². The minimum absolute atomic E-state index is 0.0938. The summed E-state index contributed by atoms with van der Waals surface area (Å²) >= 11 is 0. The van der Waals surface area contributed by atoms with E-state index in [9.17, 15) is 9.59 Å². The highest BCUT2D eigenvalue weighted by atomic mass is 16.2. The predicted molar refractivity (Wildman–Crippen MR) is 140 cm³/mol. The zero-order valence-electron chi connectivity index (χ0n) is 20.5. The number of carbonyl (C=O) groups excluding carboxylic acids is 2. The van der Waals surface area contributed by atoms with Gasteiger partial charge in [-0.3, -0.25) is 14.5 Å². The molecule has 1 aliphatic rings. The van der Waals surface area contributed by atoms with Crippen molar-refractivity contribution < 1.29 is 9.59 Å². The standard InChI is InChI=1S/C28H30N6O2/c1-18(2)34-27-22(16-30-34)21(15-24(31-27)19-9-4-3-5-10-19)28(36)32-23-12-7-6-11-20(23)17-33-14-8-13-25(33)26(29)35/h3-7,9-12,15-16,18,25H,8,13-14,17H2,1-2H3,(H2,29,35)(H,32,36). The Hall–Kier alpha value is -4.04. The number of hydrogen-bond donors (Lipinski definition) is 2. The van der Waals surface area contributed by atoms with Gasteiger partial charge in [0.25, 0.3) is 5.91 Å². The Morgan fingerprint density at radius 1 is 1.11 bits per heavy atom. The first kappa shape index (κ1) is 23.7. The number of likely N-dealkylation sites (tertiary alicyclic amines) is 1. The minimum Gasteiger partial charge on any atom is -0.368 e. The molecule has 0 aliphatic carbocycles. The maximum atomic E-state index is 13.7. The first-order valence-corrected chi connectivity index (χ1v) is 12.3. The van der Waals surface area contributed by atoms with E-state index in [1.807, 2.05) is 79.2 Å². The van der Waals surface area contributed by atoms with Gasteiger partial charge in [0.05, 0.1) is 28.9 Å². The van der Waals surface area contributed by atoms with Gasteiger partial charge in [-0.15, -0.1) is 0 Å². The molecular weight excluding hydrogens is 452 g/mol. The molecule has 1 fully saturated rings. The third kappa shape index (κ3) is 4.59. The van der Waals surface area contributed by atoms with E-state index >= 15 is 0 Å². The molecule has 3 heterocycles. The summed E-state index contributed by atoms with van der Waals surface area (Å²) in [7, 11) is 0. The molecule has 0 spiro atoms. The van der Waals surface area contributed by atoms with E-state index in [1.165, 1.54) is 0 Å². The molecule has 1 aliphatic heterocycles. The number of nitrogens with two attached hydrogens (primary N) is 1. The van der Waals surface area contributed by atoms with Gasteiger partial charge in [0.15, 0.2) is 5.65 Å². The van der Waals surface area contributed by atoms with Crippen molar-refractivity contribution >= 4 is 28.5 Å². The van der Waals surface area contributed by atoms with E-state index < -0.39 is 0 Å². The van der Waals surface area contributed by atoms with Crippen molar-refractivity contribution in [3.63, 3.8) is 0 Å². The van der Waals surface area contributed by atoms with E-state index in [0.29, 0.717) is 34.5 Å². The van der Waals surface area contributed by atoms with Crippen LogP contribution in [0.1, 0.15) is 48.7 Å². The molecule has 1 unspecified atom stereocenters. The Bertz CT molecular complexity index is 1410. The van der Waals surface area contributed by atoms with Crippen LogP contribution < -0.4 is 11.1 Å². The molecule has 2 aromatic carbocycles. The van der Waals surface area contributed by atoms with Crippen molar-refractivity contribution in [2.45, 2.75) is 45.3 Å². The number of para-hydroxylation sites is 1. The molecule has 4 aromatic rings. The first-order valence-electron chi connectivity index (χ1n) is 12.3. The number of nitrogens with zero attached hydrogens (tertiary/aromatic N) is 4. The molecule has 8 heteroatoms. The molecule has 0 radical (unpaired) electrons. The van der Waals surface area contributed by atoms with Crippen molar-refractivity contribution in [2.75, 3.05) is 11.9 Å². The van der Waals surface area contributed by atoms with Crippen molar-refractivity contribution in [1.29, 1.82) is 0 Å². The third-order valence-electron chi connectivity index (χ3n) is 6.70. The summed E-state index contributed by atoms with van der Waals surface area (Å²) in [6, 6.07) is 19.1. The SMILES string of the molecule is CC(C)n1ncc2c(C(=O)Nc3ccccc3CN3CCCC3C(N)=O)cc(-c3ccccc3)nc21. The maximum absolute atomic E-state index is 13.7. The molecule has 0 bridgehead atoms. The molecule has 0 saturated carbocycles. The Kier molecular flexibility index (Phi) is 6.52. The second-order valence-electron chi connectivity index (χ2n) is 9.48. The number of amides is 2. The Morgan fingerprint density at radius 3 is 2.61 bits per heavy atom. The number of nitrogens with one attached hydrogen (secondary N) is 1. The molecule has 8 nitrogen and oxygen atoms in total. The number of pyridine rings is 1. The summed E-state index contributed by atoms with van der Waals surface area (Å²) in [6.45, 7) is 5.42. The number of hydrogen-bond acceptors (Lipinski definition) is 5. The van der Waals surface area contributed by atoms with Gasteiger partial charge in [0.1, 0.15) is 0 Å². The summed E-state index contributed by atoms with van der Waals surface area (Å²) in [5.41, 5.74) is 10.1. The van der Waals surface area contributed by atoms with Crippen LogP contribution in [0.5, 0.6) is 0 Å². The van der Waals surface area contributed by atoms with E-state index in [4.69, 9.17) is 10.7 Å². The van der Waals surface area contributed by atoms with Crippen LogP contribution in [0.2, 0.25) is 0 Å². The highest BCUT2D eigenvalue weighted by molar-refractivity contribution is 6.12. The fourth-order valence-corrected chi connectivity index (χ4v) is 4.87. The van der Waals surface area contributed by atoms with Gasteiger partial charge in [0.2, 0.25) is 5.91 Å². The number of primary amides is 1. The fourth-order valence-electron chi connectivity index (χ4n) is 4.87. The third-order valence-corrected chi connectivity index (χ3v) is 6.70. The number of rotatable bonds is 7. The zero-order chi connectivity index (χ0) is 25.2. The van der Waals surface area contributed by atoms with E-state index in [-0.39, 0.29) is 23.9 Å². The van der Waals surface area contributed by atoms with Crippen molar-refractivity contribution in [3.8, 4) is 11.3 Å². The predicted octanol–water partition coefficient (Wildman–Crippen LogP) is 4.38. The average Bonchev–Trinajstić information content (AvgIpc) is 3.52. The lowest BCUT2D eigenvalue weighted by Gasteiger charge is -2.23. The highest BCUT2D eigenvalue weighted by Gasteiger charge is 2.29. The number of anilines is 1. The van der Waals surface area contributed by atoms with Gasteiger partial charge < -0.3 is 11.1 Å². The van der Waals surface area contributed by atoms with Gasteiger partial charge in [-0.05, 0) is 50.9 Å². The van der Waals surface area contributed by atoms with Crippen molar-refractivity contribution in [1.82, 2.24) is 19.7 Å². The number of benzene rings is 2. The summed E-state index contributed by atoms with van der Waals surface area (Å²) in [6.07, 6.45) is 3.40. The lowest BCUT2D eigenvalue weighted by atomic mass is 10.1. The van der Waals surface area contributed by atoms with Crippen LogP contribution in [0.15, 0.2) is 66.9 Å². The van der Waals surface area contributed by atoms with E-state index in [2.05, 4.69) is 15.3 Å². The summed E-state index contributed by atoms with van der Waals surface area (Å²) < 4.78 is 1.84. The van der Waals surface area contributed by atoms with Crippen LogP contribution in [0, 0.1) is 0 Å². The summed E-state index contributed by atoms with van der Waals surface area (Å²) in [4.78, 5) is 32.5. The Balaban J connectivity index is 1.51. The lowest BCUT2D eigenvalue weighted by Crippen LogP contribution is -2.39. The van der Waals surface area contributed by atoms with Crippen LogP contribution in [-0.2, 0) is 11.3 Å². The molecule has 36 heavy (non-hydrogen) atoms. The first-order chi connectivity index (χ1) is 17.4. The number of fused-ring (bicyclic) bond motifs is 1. The topological polar surface area (TPSA) is 106 Å². The highest BCUT2D eigenvalue weighted by Crippen LogP contribution is 2.28. The van der Waals surface area contributed by atoms with Crippen LogP contribution in [0.3, 0.4) is 0 Å². The van der Waals surface area contributed by atoms with Crippen molar-refractivity contribution in [2.24, 2.45) is 5.73 Å². The zero-order valence-corrected chi connectivity index (χ0v) is 20.5. The van der Waals surface area contributed by atoms with Gasteiger partial charge >= 0.3 is 0 Å². The second kappa shape index (κ2) is 9.91. The molecule has 2 aromatic heterocycles. The molecule has 2 amide bonds. The molecular formula is C28H30N6O2. The normalized spacial score (nSPS) is 16.0. The lowest BCUT2D eigenvalue weighted by molar-refractivity contribution is -0.122. The monoisotopic (exact) mass is 482 g/mol. The summed E-state index contributed by atoms with van der Waals surface area (Å²) in [5, 5.41) is 8.32. The Labute approximate surface area is 210 Å². The van der Waals surface area contributed by atoms with E-state index in [0.717, 1.165) is 30.5 Å². The van der Waals surface area contributed by atoms with Crippen LogP contribution in [0.25, 0.3) is 22.3 Å². The van der Waals surface area contributed by atoms with Crippen LogP contribution >= 0.6 is 0 Å². The number of aromatic nitrogens is 3. The van der Waals surface area contributed by atoms with Crippen LogP contribution in [-0.4, -0.2) is 44.1 Å². The molecule has 5 rings (SSSR count). The fraction of sp³-hybridized carbons (Fsp3) is 0.286. The summed E-state index contributed by atoms with van der Waals surface area (Å²) in [5.74, 6) is -0.535. The average molecular weight is 483 g/mol. The molecule has 3 N–H and O–H groups in total. The van der Waals surface area contributed by atoms with Crippen LogP contribution in [0.4, 0.5) is 5.69 Å². The van der Waals surface area contributed by atoms with E-state index in [1.54, 1.807) is 6.20 Å². The number of carbonyl (C=O) groups is 2. The van der Waals surface area contributed by atoms with Gasteiger partial charge in [-0.1, -0.05) is 48.5 Å². The largest absolute Gasteiger partial charge is 0.368 e. The molecule has 1 saturated heterocycles.